The summed E-state index contributed by atoms with van der Waals surface area (Å²) in [6, 6.07) is 8.69. The zero-order valence-electron chi connectivity index (χ0n) is 16.9. The molecule has 0 spiro atoms. The molecule has 0 unspecified atom stereocenters. The van der Waals surface area contributed by atoms with Crippen molar-refractivity contribution in [3.8, 4) is 5.75 Å². The SMILES string of the molecule is CCOC(=O)[C@@H](C)Oc1c(C=Nn2c(=O)[nH]c3ccccc3c2=O)cc(Cl)cc1[N+](=O)[O-]. The Labute approximate surface area is 185 Å². The number of fused-ring (bicyclic) bond motifs is 1. The molecular weight excluding hydrogens is 444 g/mol. The summed E-state index contributed by atoms with van der Waals surface area (Å²) >= 11 is 5.99. The Balaban J connectivity index is 2.12. The Morgan fingerprint density at radius 2 is 2.06 bits per heavy atom. The van der Waals surface area contributed by atoms with Gasteiger partial charge in [0.25, 0.3) is 5.56 Å². The number of para-hydroxylation sites is 1. The third-order valence-corrected chi connectivity index (χ3v) is 4.49. The maximum Gasteiger partial charge on any atom is 0.349 e. The highest BCUT2D eigenvalue weighted by Crippen LogP contribution is 2.34. The van der Waals surface area contributed by atoms with Gasteiger partial charge in [-0.15, -0.1) is 4.68 Å². The van der Waals surface area contributed by atoms with Gasteiger partial charge in [-0.2, -0.15) is 5.10 Å². The Morgan fingerprint density at radius 1 is 1.34 bits per heavy atom. The molecule has 32 heavy (non-hydrogen) atoms. The maximum atomic E-state index is 12.6. The van der Waals surface area contributed by atoms with E-state index >= 15 is 0 Å². The molecular formula is C20H17ClN4O7. The number of nitrogens with zero attached hydrogens (tertiary/aromatic N) is 3. The number of ether oxygens (including phenoxy) is 2. The lowest BCUT2D eigenvalue weighted by Gasteiger charge is -2.15. The van der Waals surface area contributed by atoms with Crippen molar-refractivity contribution in [3.05, 3.63) is 77.9 Å². The van der Waals surface area contributed by atoms with Gasteiger partial charge in [0.1, 0.15) is 0 Å². The van der Waals surface area contributed by atoms with Gasteiger partial charge in [-0.3, -0.25) is 14.9 Å². The molecule has 0 amide bonds. The average molecular weight is 461 g/mol. The highest BCUT2D eigenvalue weighted by Gasteiger charge is 2.25. The van der Waals surface area contributed by atoms with Gasteiger partial charge in [-0.05, 0) is 32.0 Å². The average Bonchev–Trinajstić information content (AvgIpc) is 2.74. The van der Waals surface area contributed by atoms with Gasteiger partial charge >= 0.3 is 17.3 Å². The van der Waals surface area contributed by atoms with Crippen molar-refractivity contribution in [2.75, 3.05) is 6.61 Å². The van der Waals surface area contributed by atoms with Gasteiger partial charge in [-0.1, -0.05) is 23.7 Å². The number of benzene rings is 2. The molecule has 2 aromatic carbocycles. The topological polar surface area (TPSA) is 146 Å². The molecule has 0 fully saturated rings. The molecule has 1 aromatic heterocycles. The summed E-state index contributed by atoms with van der Waals surface area (Å²) in [6.07, 6.45) is -0.175. The molecule has 166 valence electrons. The molecule has 3 rings (SSSR count). The Morgan fingerprint density at radius 3 is 2.75 bits per heavy atom. The molecule has 11 nitrogen and oxygen atoms in total. The molecule has 1 heterocycles. The standard InChI is InChI=1S/C20H17ClN4O7/c1-3-31-19(27)11(2)32-17-12(8-13(21)9-16(17)25(29)30)10-22-24-18(26)14-6-4-5-7-15(14)23-20(24)28/h4-11H,3H2,1-2H3,(H,23,28)/t11-/m1/s1. The van der Waals surface area contributed by atoms with Crippen molar-refractivity contribution in [1.29, 1.82) is 0 Å². The van der Waals surface area contributed by atoms with Crippen LogP contribution in [0.3, 0.4) is 0 Å². The summed E-state index contributed by atoms with van der Waals surface area (Å²) < 4.78 is 10.9. The Hall–Kier alpha value is -3.99. The van der Waals surface area contributed by atoms with E-state index in [0.29, 0.717) is 10.2 Å². The van der Waals surface area contributed by atoms with E-state index in [9.17, 15) is 24.5 Å². The fraction of sp³-hybridized carbons (Fsp3) is 0.200. The van der Waals surface area contributed by atoms with E-state index in [2.05, 4.69) is 10.1 Å². The van der Waals surface area contributed by atoms with Crippen molar-refractivity contribution in [1.82, 2.24) is 9.66 Å². The minimum atomic E-state index is -1.19. The normalized spacial score (nSPS) is 12.1. The lowest BCUT2D eigenvalue weighted by molar-refractivity contribution is -0.386. The number of H-pyrrole nitrogens is 1. The van der Waals surface area contributed by atoms with E-state index in [1.165, 1.54) is 19.1 Å². The summed E-state index contributed by atoms with van der Waals surface area (Å²) in [7, 11) is 0. The van der Waals surface area contributed by atoms with Crippen LogP contribution in [0.4, 0.5) is 5.69 Å². The lowest BCUT2D eigenvalue weighted by atomic mass is 10.2. The number of aromatic nitrogens is 2. The molecule has 0 saturated heterocycles. The monoisotopic (exact) mass is 460 g/mol. The number of hydrogen-bond acceptors (Lipinski definition) is 8. The second kappa shape index (κ2) is 9.43. The number of rotatable bonds is 7. The van der Waals surface area contributed by atoms with Gasteiger partial charge in [0.05, 0.1) is 28.6 Å². The van der Waals surface area contributed by atoms with Crippen molar-refractivity contribution >= 4 is 40.4 Å². The number of hydrogen-bond donors (Lipinski definition) is 1. The summed E-state index contributed by atoms with van der Waals surface area (Å²) in [5.74, 6) is -1.06. The van der Waals surface area contributed by atoms with Crippen LogP contribution in [0.1, 0.15) is 19.4 Å². The maximum absolute atomic E-state index is 12.6. The number of carbonyl (C=O) groups excluding carboxylic acids is 1. The predicted octanol–water partition coefficient (Wildman–Crippen LogP) is 2.46. The number of nitro benzene ring substituents is 1. The zero-order valence-corrected chi connectivity index (χ0v) is 17.7. The van der Waals surface area contributed by atoms with Crippen molar-refractivity contribution in [3.63, 3.8) is 0 Å². The van der Waals surface area contributed by atoms with Crippen LogP contribution in [0.2, 0.25) is 5.02 Å². The number of nitro groups is 1. The number of carbonyl (C=O) groups is 1. The molecule has 0 aliphatic rings. The summed E-state index contributed by atoms with van der Waals surface area (Å²) in [5, 5.41) is 15.6. The smallest absolute Gasteiger partial charge is 0.349 e. The molecule has 1 atom stereocenters. The van der Waals surface area contributed by atoms with E-state index < -0.39 is 33.9 Å². The van der Waals surface area contributed by atoms with Crippen molar-refractivity contribution < 1.29 is 19.2 Å². The van der Waals surface area contributed by atoms with Crippen LogP contribution >= 0.6 is 11.6 Å². The van der Waals surface area contributed by atoms with Gasteiger partial charge in [-0.25, -0.2) is 9.59 Å². The predicted molar refractivity (Wildman–Crippen MR) is 117 cm³/mol. The van der Waals surface area contributed by atoms with Gasteiger partial charge in [0.15, 0.2) is 6.10 Å². The first kappa shape index (κ1) is 22.7. The first-order valence-electron chi connectivity index (χ1n) is 9.32. The Bertz CT molecular complexity index is 1350. The second-order valence-corrected chi connectivity index (χ2v) is 6.89. The van der Waals surface area contributed by atoms with Crippen LogP contribution in [0.15, 0.2) is 51.1 Å². The number of halogens is 1. The summed E-state index contributed by atoms with van der Waals surface area (Å²) in [5.41, 5.74) is -1.74. The zero-order chi connectivity index (χ0) is 23.4. The first-order chi connectivity index (χ1) is 15.2. The highest BCUT2D eigenvalue weighted by molar-refractivity contribution is 6.31. The van der Waals surface area contributed by atoms with Crippen LogP contribution in [-0.2, 0) is 9.53 Å². The molecule has 0 aliphatic carbocycles. The van der Waals surface area contributed by atoms with Crippen LogP contribution in [0.5, 0.6) is 5.75 Å². The molecule has 1 N–H and O–H groups in total. The molecule has 12 heteroatoms. The fourth-order valence-corrected chi connectivity index (χ4v) is 3.04. The van der Waals surface area contributed by atoms with Crippen LogP contribution in [0, 0.1) is 10.1 Å². The summed E-state index contributed by atoms with van der Waals surface area (Å²) in [6.45, 7) is 3.05. The van der Waals surface area contributed by atoms with Gasteiger partial charge in [0.2, 0.25) is 5.75 Å². The molecule has 0 bridgehead atoms. The first-order valence-corrected chi connectivity index (χ1v) is 9.70. The van der Waals surface area contributed by atoms with Gasteiger partial charge in [0, 0.05) is 16.7 Å². The second-order valence-electron chi connectivity index (χ2n) is 6.45. The van der Waals surface area contributed by atoms with Crippen LogP contribution < -0.4 is 16.0 Å². The minimum Gasteiger partial charge on any atom is -0.471 e. The highest BCUT2D eigenvalue weighted by atomic mass is 35.5. The number of aromatic amines is 1. The van der Waals surface area contributed by atoms with E-state index in [4.69, 9.17) is 21.1 Å². The van der Waals surface area contributed by atoms with E-state index in [-0.39, 0.29) is 28.3 Å². The van der Waals surface area contributed by atoms with Crippen LogP contribution in [0.25, 0.3) is 10.9 Å². The molecule has 0 radical (unpaired) electrons. The third kappa shape index (κ3) is 4.67. The van der Waals surface area contributed by atoms with Crippen LogP contribution in [-0.4, -0.2) is 39.5 Å². The molecule has 3 aromatic rings. The summed E-state index contributed by atoms with van der Waals surface area (Å²) in [4.78, 5) is 50.2. The molecule has 0 saturated carbocycles. The minimum absolute atomic E-state index is 0.0194. The van der Waals surface area contributed by atoms with Crippen molar-refractivity contribution in [2.45, 2.75) is 20.0 Å². The van der Waals surface area contributed by atoms with Crippen molar-refractivity contribution in [2.24, 2.45) is 5.10 Å². The number of esters is 1. The quantitative estimate of drug-likeness (QED) is 0.246. The fourth-order valence-electron chi connectivity index (χ4n) is 2.82. The van der Waals surface area contributed by atoms with Gasteiger partial charge < -0.3 is 14.5 Å². The number of nitrogens with one attached hydrogen (secondary N) is 1. The lowest BCUT2D eigenvalue weighted by Crippen LogP contribution is -2.32. The third-order valence-electron chi connectivity index (χ3n) is 4.27. The van der Waals surface area contributed by atoms with E-state index in [1.54, 1.807) is 25.1 Å². The Kier molecular flexibility index (Phi) is 6.69. The van der Waals surface area contributed by atoms with E-state index in [1.807, 2.05) is 0 Å². The largest absolute Gasteiger partial charge is 0.471 e. The molecule has 0 aliphatic heterocycles. The van der Waals surface area contributed by atoms with E-state index in [0.717, 1.165) is 12.3 Å².